The van der Waals surface area contributed by atoms with Gasteiger partial charge in [-0.25, -0.2) is 0 Å². The molecule has 2 aliphatic heterocycles. The molecule has 0 spiro atoms. The summed E-state index contributed by atoms with van der Waals surface area (Å²) in [5.74, 6) is 0. The Bertz CT molecular complexity index is 176. The van der Waals surface area contributed by atoms with E-state index in [-0.39, 0.29) is 6.10 Å². The fourth-order valence-electron chi connectivity index (χ4n) is 1.74. The fourth-order valence-corrected chi connectivity index (χ4v) is 1.74. The molecule has 14 heavy (non-hydrogen) atoms. The minimum Gasteiger partial charge on any atom is -0.380 e. The molecule has 2 fully saturated rings. The molecule has 0 aromatic rings. The van der Waals surface area contributed by atoms with Gasteiger partial charge in [0.1, 0.15) is 0 Å². The molecule has 2 rings (SSSR count). The molecule has 0 bridgehead atoms. The van der Waals surface area contributed by atoms with Gasteiger partial charge in [0.05, 0.1) is 39.1 Å². The molecule has 2 heterocycles. The molecule has 2 saturated heterocycles. The lowest BCUT2D eigenvalue weighted by molar-refractivity contribution is -0.106. The highest BCUT2D eigenvalue weighted by atomic mass is 16.6. The zero-order valence-electron chi connectivity index (χ0n) is 8.75. The zero-order chi connectivity index (χ0) is 9.86. The summed E-state index contributed by atoms with van der Waals surface area (Å²) in [5.41, 5.74) is 0.343. The van der Waals surface area contributed by atoms with Crippen LogP contribution in [0.15, 0.2) is 0 Å². The monoisotopic (exact) mass is 201 g/mol. The molecule has 4 heteroatoms. The van der Waals surface area contributed by atoms with E-state index in [1.165, 1.54) is 0 Å². The van der Waals surface area contributed by atoms with Crippen molar-refractivity contribution in [2.75, 3.05) is 46.1 Å². The lowest BCUT2D eigenvalue weighted by atomic mass is 9.89. The molecule has 1 N–H and O–H groups in total. The average Bonchev–Trinajstić information content (AvgIpc) is 2.17. The number of hydrogen-bond donors (Lipinski definition) is 1. The third kappa shape index (κ3) is 2.67. The average molecular weight is 201 g/mol. The van der Waals surface area contributed by atoms with Crippen LogP contribution < -0.4 is 5.32 Å². The van der Waals surface area contributed by atoms with Crippen molar-refractivity contribution in [2.45, 2.75) is 13.0 Å². The minimum atomic E-state index is 0.230. The summed E-state index contributed by atoms with van der Waals surface area (Å²) >= 11 is 0. The Kier molecular flexibility index (Phi) is 3.38. The van der Waals surface area contributed by atoms with E-state index >= 15 is 0 Å². The quantitative estimate of drug-likeness (QED) is 0.696. The first-order chi connectivity index (χ1) is 6.79. The number of rotatable bonds is 4. The van der Waals surface area contributed by atoms with E-state index in [1.807, 2.05) is 0 Å². The fraction of sp³-hybridized carbons (Fsp3) is 1.00. The Hall–Kier alpha value is -0.160. The molecule has 0 aromatic carbocycles. The van der Waals surface area contributed by atoms with Crippen LogP contribution >= 0.6 is 0 Å². The van der Waals surface area contributed by atoms with E-state index in [1.54, 1.807) is 0 Å². The van der Waals surface area contributed by atoms with Crippen molar-refractivity contribution in [2.24, 2.45) is 5.41 Å². The first-order valence-electron chi connectivity index (χ1n) is 5.26. The van der Waals surface area contributed by atoms with Crippen LogP contribution in [0.3, 0.4) is 0 Å². The third-order valence-electron chi connectivity index (χ3n) is 2.71. The number of ether oxygens (including phenoxy) is 3. The predicted octanol–water partition coefficient (Wildman–Crippen LogP) is 0.0279. The van der Waals surface area contributed by atoms with Crippen molar-refractivity contribution in [3.63, 3.8) is 0 Å². The van der Waals surface area contributed by atoms with Gasteiger partial charge in [-0.05, 0) is 0 Å². The summed E-state index contributed by atoms with van der Waals surface area (Å²) in [5, 5.41) is 3.41. The summed E-state index contributed by atoms with van der Waals surface area (Å²) < 4.78 is 16.0. The molecule has 0 aromatic heterocycles. The van der Waals surface area contributed by atoms with Crippen LogP contribution in [0.5, 0.6) is 0 Å². The topological polar surface area (TPSA) is 39.7 Å². The molecular formula is C10H19NO3. The van der Waals surface area contributed by atoms with Gasteiger partial charge in [0.2, 0.25) is 0 Å². The highest BCUT2D eigenvalue weighted by molar-refractivity contribution is 4.83. The minimum absolute atomic E-state index is 0.230. The largest absolute Gasteiger partial charge is 0.380 e. The van der Waals surface area contributed by atoms with Crippen LogP contribution in [0, 0.1) is 5.41 Å². The summed E-state index contributed by atoms with van der Waals surface area (Å²) in [7, 11) is 0. The maximum Gasteiger partial charge on any atom is 0.0933 e. The van der Waals surface area contributed by atoms with Crippen LogP contribution in [0.25, 0.3) is 0 Å². The molecule has 0 saturated carbocycles. The molecule has 4 nitrogen and oxygen atoms in total. The van der Waals surface area contributed by atoms with Gasteiger partial charge in [-0.1, -0.05) is 6.92 Å². The van der Waals surface area contributed by atoms with E-state index in [2.05, 4.69) is 12.2 Å². The lowest BCUT2D eigenvalue weighted by Crippen LogP contribution is -2.49. The van der Waals surface area contributed by atoms with Gasteiger partial charge >= 0.3 is 0 Å². The van der Waals surface area contributed by atoms with E-state index in [9.17, 15) is 0 Å². The summed E-state index contributed by atoms with van der Waals surface area (Å²) in [6.45, 7) is 8.07. The van der Waals surface area contributed by atoms with Crippen molar-refractivity contribution < 1.29 is 14.2 Å². The van der Waals surface area contributed by atoms with Crippen molar-refractivity contribution in [3.05, 3.63) is 0 Å². The lowest BCUT2D eigenvalue weighted by Gasteiger charge is -2.38. The van der Waals surface area contributed by atoms with Crippen LogP contribution in [0.2, 0.25) is 0 Å². The maximum absolute atomic E-state index is 5.53. The molecule has 1 atom stereocenters. The Labute approximate surface area is 84.9 Å². The molecule has 2 aliphatic rings. The van der Waals surface area contributed by atoms with Crippen molar-refractivity contribution >= 4 is 0 Å². The van der Waals surface area contributed by atoms with Crippen LogP contribution in [-0.4, -0.2) is 52.2 Å². The molecule has 82 valence electrons. The molecule has 0 aliphatic carbocycles. The van der Waals surface area contributed by atoms with Gasteiger partial charge in [-0.15, -0.1) is 0 Å². The Morgan fingerprint density at radius 2 is 2.14 bits per heavy atom. The van der Waals surface area contributed by atoms with Gasteiger partial charge in [0.25, 0.3) is 0 Å². The second kappa shape index (κ2) is 4.57. The molecule has 0 radical (unpaired) electrons. The summed E-state index contributed by atoms with van der Waals surface area (Å²) in [4.78, 5) is 0. The number of nitrogens with one attached hydrogen (secondary N) is 1. The normalized spacial score (nSPS) is 31.1. The SMILES string of the molecule is CC1(CNCC2COCCO2)COC1. The van der Waals surface area contributed by atoms with Gasteiger partial charge < -0.3 is 19.5 Å². The van der Waals surface area contributed by atoms with Gasteiger partial charge in [0.15, 0.2) is 0 Å². The molecule has 1 unspecified atom stereocenters. The van der Waals surface area contributed by atoms with Crippen molar-refractivity contribution in [1.29, 1.82) is 0 Å². The highest BCUT2D eigenvalue weighted by Crippen LogP contribution is 2.24. The van der Waals surface area contributed by atoms with Crippen LogP contribution in [0.4, 0.5) is 0 Å². The Morgan fingerprint density at radius 1 is 1.29 bits per heavy atom. The first-order valence-corrected chi connectivity index (χ1v) is 5.26. The standard InChI is InChI=1S/C10H19NO3/c1-10(7-13-8-10)6-11-4-9-5-12-2-3-14-9/h9,11H,2-8H2,1H3. The van der Waals surface area contributed by atoms with Crippen LogP contribution in [0.1, 0.15) is 6.92 Å². The Balaban J connectivity index is 1.57. The summed E-state index contributed by atoms with van der Waals surface area (Å²) in [6, 6.07) is 0. The third-order valence-corrected chi connectivity index (χ3v) is 2.71. The second-order valence-corrected chi connectivity index (χ2v) is 4.50. The van der Waals surface area contributed by atoms with E-state index in [0.29, 0.717) is 5.41 Å². The van der Waals surface area contributed by atoms with E-state index in [0.717, 1.165) is 46.1 Å². The molecule has 0 amide bonds. The predicted molar refractivity (Wildman–Crippen MR) is 52.4 cm³/mol. The number of hydrogen-bond acceptors (Lipinski definition) is 4. The van der Waals surface area contributed by atoms with Crippen LogP contribution in [-0.2, 0) is 14.2 Å². The first kappa shape index (κ1) is 10.4. The summed E-state index contributed by atoms with van der Waals surface area (Å²) in [6.07, 6.45) is 0.230. The second-order valence-electron chi connectivity index (χ2n) is 4.50. The van der Waals surface area contributed by atoms with E-state index in [4.69, 9.17) is 14.2 Å². The van der Waals surface area contributed by atoms with Gasteiger partial charge in [0, 0.05) is 18.5 Å². The zero-order valence-corrected chi connectivity index (χ0v) is 8.75. The highest BCUT2D eigenvalue weighted by Gasteiger charge is 2.32. The maximum atomic E-state index is 5.53. The van der Waals surface area contributed by atoms with Crippen molar-refractivity contribution in [3.8, 4) is 0 Å². The van der Waals surface area contributed by atoms with Crippen molar-refractivity contribution in [1.82, 2.24) is 5.32 Å². The molecular weight excluding hydrogens is 182 g/mol. The Morgan fingerprint density at radius 3 is 2.71 bits per heavy atom. The van der Waals surface area contributed by atoms with E-state index < -0.39 is 0 Å². The van der Waals surface area contributed by atoms with Gasteiger partial charge in [-0.2, -0.15) is 0 Å². The smallest absolute Gasteiger partial charge is 0.0933 e. The van der Waals surface area contributed by atoms with Gasteiger partial charge in [-0.3, -0.25) is 0 Å².